The van der Waals surface area contributed by atoms with Crippen LogP contribution in [0.2, 0.25) is 0 Å². The monoisotopic (exact) mass is 989 g/mol. The molecule has 7 fully saturated rings. The number of carbonyl (C=O) groups is 1. The van der Waals surface area contributed by atoms with E-state index in [9.17, 15) is 61.0 Å². The quantitative estimate of drug-likeness (QED) is 0.0682. The van der Waals surface area contributed by atoms with E-state index < -0.39 is 163 Å². The van der Waals surface area contributed by atoms with Crippen LogP contribution in [0.3, 0.4) is 0 Å². The fraction of sp³-hybridized carbons (Fsp3) is 0.940. The summed E-state index contributed by atoms with van der Waals surface area (Å²) in [5, 5.41) is 123. The molecule has 7 aliphatic rings. The molecule has 3 heterocycles. The van der Waals surface area contributed by atoms with Gasteiger partial charge in [-0.3, -0.25) is 4.79 Å². The molecule has 0 aromatic carbocycles. The van der Waals surface area contributed by atoms with Crippen LogP contribution in [-0.4, -0.2) is 191 Å². The maximum Gasteiger partial charge on any atom is 0.302 e. The second kappa shape index (κ2) is 20.3. The van der Waals surface area contributed by atoms with Crippen molar-refractivity contribution in [2.45, 2.75) is 237 Å². The van der Waals surface area contributed by atoms with Crippen LogP contribution in [-0.2, 0) is 38.0 Å². The largest absolute Gasteiger partial charge is 0.463 e. The highest BCUT2D eigenvalue weighted by atomic mass is 16.8. The van der Waals surface area contributed by atoms with E-state index in [0.717, 1.165) is 5.57 Å². The van der Waals surface area contributed by atoms with Gasteiger partial charge in [0.25, 0.3) is 0 Å². The molecular weight excluding hydrogens is 905 g/mol. The third kappa shape index (κ3) is 9.64. The average molecular weight is 989 g/mol. The number of ether oxygens (including phenoxy) is 7. The van der Waals surface area contributed by atoms with Crippen LogP contribution in [0.5, 0.6) is 0 Å². The third-order valence-electron chi connectivity index (χ3n) is 18.9. The highest BCUT2D eigenvalue weighted by Crippen LogP contribution is 2.76. The summed E-state index contributed by atoms with van der Waals surface area (Å²) in [6.07, 6.45) is -18.9. The molecule has 7 rings (SSSR count). The summed E-state index contributed by atoms with van der Waals surface area (Å²) in [6.45, 7) is 18.2. The molecule has 0 radical (unpaired) electrons. The molecule has 11 N–H and O–H groups in total. The SMILES string of the molecule is CC(=O)OC[C@H]1O[C@@H](O[C@H]2C[C@]3(C)[C@H](C[C@@H](O)[C@@H]4[C@@H]([C@@](C)(CCC=C(C)C)O[C@@H]5O[C@H](CO)[C@@H](O)[C@H](O)[C@H]5O)CC[C@]43C)[C@@]3(C)CC[C@H](O)C(C)(C)[C@H]23)[C@H](O[C@@H]2O[C@@H](C)[C@H](O)[C@@H](O)[C@H]2O)[C@@H](O)[C@@H]1O. The minimum absolute atomic E-state index is 0.108. The highest BCUT2D eigenvalue weighted by Gasteiger charge is 2.74. The van der Waals surface area contributed by atoms with Crippen molar-refractivity contribution < 1.29 is 94.1 Å². The van der Waals surface area contributed by atoms with Crippen molar-refractivity contribution >= 4 is 5.97 Å². The fourth-order valence-corrected chi connectivity index (χ4v) is 15.1. The molecule has 4 aliphatic carbocycles. The number of carbonyl (C=O) groups excluding carboxylic acids is 1. The molecule has 0 amide bonds. The summed E-state index contributed by atoms with van der Waals surface area (Å²) in [4.78, 5) is 12.0. The molecule has 4 saturated carbocycles. The van der Waals surface area contributed by atoms with Crippen molar-refractivity contribution in [2.75, 3.05) is 13.2 Å². The van der Waals surface area contributed by atoms with E-state index in [1.54, 1.807) is 0 Å². The molecule has 3 aliphatic heterocycles. The molecule has 19 heteroatoms. The van der Waals surface area contributed by atoms with Gasteiger partial charge in [0, 0.05) is 6.92 Å². The van der Waals surface area contributed by atoms with Gasteiger partial charge in [-0.25, -0.2) is 0 Å². The van der Waals surface area contributed by atoms with E-state index in [4.69, 9.17) is 33.2 Å². The zero-order valence-corrected chi connectivity index (χ0v) is 42.0. The molecule has 0 spiro atoms. The van der Waals surface area contributed by atoms with E-state index in [0.29, 0.717) is 51.4 Å². The minimum atomic E-state index is -1.77. The summed E-state index contributed by atoms with van der Waals surface area (Å²) in [5.74, 6) is -1.86. The van der Waals surface area contributed by atoms with Gasteiger partial charge >= 0.3 is 5.97 Å². The van der Waals surface area contributed by atoms with Crippen LogP contribution in [0, 0.1) is 45.3 Å². The maximum absolute atomic E-state index is 12.8. The van der Waals surface area contributed by atoms with Crippen molar-refractivity contribution in [1.82, 2.24) is 0 Å². The lowest BCUT2D eigenvalue weighted by Crippen LogP contribution is -2.71. The number of esters is 1. The Morgan fingerprint density at radius 1 is 0.725 bits per heavy atom. The van der Waals surface area contributed by atoms with Gasteiger partial charge in [0.2, 0.25) is 0 Å². The Hall–Kier alpha value is -1.47. The van der Waals surface area contributed by atoms with E-state index in [1.165, 1.54) is 13.8 Å². The summed E-state index contributed by atoms with van der Waals surface area (Å²) < 4.78 is 43.7. The van der Waals surface area contributed by atoms with E-state index in [1.807, 2.05) is 34.6 Å². The van der Waals surface area contributed by atoms with E-state index in [2.05, 4.69) is 26.8 Å². The van der Waals surface area contributed by atoms with Crippen molar-refractivity contribution in [3.05, 3.63) is 11.6 Å². The first-order chi connectivity index (χ1) is 32.1. The Bertz CT molecular complexity index is 1810. The zero-order valence-electron chi connectivity index (χ0n) is 42.0. The Labute approximate surface area is 406 Å². The standard InChI is InChI=1S/C50H84O19/c1-22(2)12-11-15-50(10,69-44-40(62)37(59)34(56)28(20-51)66-44)25-13-17-48(8)32(25)26(53)18-30-47(7)16-14-31(54)46(5,6)42(47)27(19-49(30,48)9)65-45-41(38(60)35(57)29(67-45)21-63-24(4)52)68-43-39(61)36(58)33(55)23(3)64-43/h12,23,25-45,51,53-62H,11,13-21H2,1-10H3/t23-,25-,26+,27-,28+,29+,30+,31-,32-,33-,34+,35+,36+,37-,38-,39+,40+,41+,42-,43-,44-,45+,47+,48+,49+,50+/m0/s1. The highest BCUT2D eigenvalue weighted by molar-refractivity contribution is 5.65. The molecule has 19 nitrogen and oxygen atoms in total. The van der Waals surface area contributed by atoms with Gasteiger partial charge in [0.15, 0.2) is 18.9 Å². The first kappa shape index (κ1) is 55.3. The molecule has 398 valence electrons. The molecule has 69 heavy (non-hydrogen) atoms. The Balaban J connectivity index is 1.28. The van der Waals surface area contributed by atoms with Crippen LogP contribution in [0.4, 0.5) is 0 Å². The smallest absolute Gasteiger partial charge is 0.302 e. The van der Waals surface area contributed by atoms with Crippen molar-refractivity contribution in [2.24, 2.45) is 45.3 Å². The number of aliphatic hydroxyl groups excluding tert-OH is 11. The summed E-state index contributed by atoms with van der Waals surface area (Å²) in [5.41, 5.74) is -2.55. The molecular formula is C50H84O19. The lowest BCUT2D eigenvalue weighted by atomic mass is 9.34. The van der Waals surface area contributed by atoms with Gasteiger partial charge in [0.05, 0.1) is 36.6 Å². The van der Waals surface area contributed by atoms with Crippen LogP contribution in [0.15, 0.2) is 11.6 Å². The Morgan fingerprint density at radius 3 is 1.99 bits per heavy atom. The van der Waals surface area contributed by atoms with Crippen molar-refractivity contribution in [1.29, 1.82) is 0 Å². The maximum atomic E-state index is 12.8. The number of allylic oxidation sites excluding steroid dienone is 2. The predicted octanol–water partition coefficient (Wildman–Crippen LogP) is 0.542. The van der Waals surface area contributed by atoms with Crippen molar-refractivity contribution in [3.63, 3.8) is 0 Å². The lowest BCUT2D eigenvalue weighted by Gasteiger charge is -2.72. The summed E-state index contributed by atoms with van der Waals surface area (Å²) in [7, 11) is 0. The predicted molar refractivity (Wildman–Crippen MR) is 243 cm³/mol. The number of aliphatic hydroxyl groups is 11. The second-order valence-electron chi connectivity index (χ2n) is 23.7. The number of hydrogen-bond acceptors (Lipinski definition) is 19. The zero-order chi connectivity index (χ0) is 51.1. The van der Waals surface area contributed by atoms with Gasteiger partial charge in [0.1, 0.15) is 73.8 Å². The topological polar surface area (TPSA) is 304 Å². The third-order valence-corrected chi connectivity index (χ3v) is 18.9. The van der Waals surface area contributed by atoms with Gasteiger partial charge in [-0.05, 0) is 124 Å². The Morgan fingerprint density at radius 2 is 1.35 bits per heavy atom. The number of rotatable bonds is 13. The first-order valence-corrected chi connectivity index (χ1v) is 25.2. The normalized spacial score (nSPS) is 51.6. The second-order valence-corrected chi connectivity index (χ2v) is 23.7. The van der Waals surface area contributed by atoms with Crippen LogP contribution in [0.1, 0.15) is 121 Å². The molecule has 26 atom stereocenters. The van der Waals surface area contributed by atoms with Gasteiger partial charge in [-0.15, -0.1) is 0 Å². The molecule has 0 aromatic rings. The molecule has 0 unspecified atom stereocenters. The Kier molecular flexibility index (Phi) is 16.3. The molecule has 3 saturated heterocycles. The first-order valence-electron chi connectivity index (χ1n) is 25.2. The number of fused-ring (bicyclic) bond motifs is 5. The summed E-state index contributed by atoms with van der Waals surface area (Å²) in [6, 6.07) is 0. The van der Waals surface area contributed by atoms with E-state index in [-0.39, 0.29) is 17.8 Å². The van der Waals surface area contributed by atoms with Gasteiger partial charge < -0.3 is 89.3 Å². The van der Waals surface area contributed by atoms with Crippen LogP contribution < -0.4 is 0 Å². The van der Waals surface area contributed by atoms with Gasteiger partial charge in [-0.2, -0.15) is 0 Å². The molecule has 0 bridgehead atoms. The minimum Gasteiger partial charge on any atom is -0.463 e. The van der Waals surface area contributed by atoms with Crippen molar-refractivity contribution in [3.8, 4) is 0 Å². The van der Waals surface area contributed by atoms with Crippen LogP contribution in [0.25, 0.3) is 0 Å². The number of hydrogen-bond donors (Lipinski definition) is 11. The van der Waals surface area contributed by atoms with E-state index >= 15 is 0 Å². The lowest BCUT2D eigenvalue weighted by molar-refractivity contribution is -0.382. The van der Waals surface area contributed by atoms with Crippen LogP contribution >= 0.6 is 0 Å². The fourth-order valence-electron chi connectivity index (χ4n) is 15.1. The average Bonchev–Trinajstić information content (AvgIpc) is 3.66. The summed E-state index contributed by atoms with van der Waals surface area (Å²) >= 11 is 0. The van der Waals surface area contributed by atoms with Gasteiger partial charge in [-0.1, -0.05) is 46.3 Å². The molecule has 0 aromatic heterocycles.